The molecule has 78 valence electrons. The number of rotatable bonds is 5. The van der Waals surface area contributed by atoms with Gasteiger partial charge in [0.2, 0.25) is 0 Å². The van der Waals surface area contributed by atoms with Gasteiger partial charge in [-0.15, -0.1) is 0 Å². The van der Waals surface area contributed by atoms with Gasteiger partial charge >= 0.3 is 0 Å². The van der Waals surface area contributed by atoms with E-state index in [9.17, 15) is 0 Å². The van der Waals surface area contributed by atoms with E-state index < -0.39 is 0 Å². The van der Waals surface area contributed by atoms with Crippen LogP contribution in [0.15, 0.2) is 18.3 Å². The van der Waals surface area contributed by atoms with Gasteiger partial charge < -0.3 is 10.1 Å². The van der Waals surface area contributed by atoms with Crippen molar-refractivity contribution in [1.82, 2.24) is 4.98 Å². The van der Waals surface area contributed by atoms with Crippen molar-refractivity contribution >= 4 is 5.82 Å². The van der Waals surface area contributed by atoms with Gasteiger partial charge in [-0.2, -0.15) is 0 Å². The Morgan fingerprint density at radius 1 is 1.50 bits per heavy atom. The predicted molar refractivity (Wildman–Crippen MR) is 58.6 cm³/mol. The van der Waals surface area contributed by atoms with Crippen molar-refractivity contribution in [3.05, 3.63) is 23.9 Å². The Hall–Kier alpha value is -1.09. The van der Waals surface area contributed by atoms with E-state index in [1.54, 1.807) is 7.11 Å². The third-order valence-electron chi connectivity index (χ3n) is 2.12. The highest BCUT2D eigenvalue weighted by atomic mass is 16.5. The fourth-order valence-corrected chi connectivity index (χ4v) is 1.23. The number of anilines is 1. The zero-order chi connectivity index (χ0) is 10.4. The Bertz CT molecular complexity index is 258. The smallest absolute Gasteiger partial charge is 0.126 e. The second kappa shape index (κ2) is 5.60. The van der Waals surface area contributed by atoms with Crippen LogP contribution in [-0.2, 0) is 4.74 Å². The van der Waals surface area contributed by atoms with Crippen molar-refractivity contribution in [3.8, 4) is 0 Å². The van der Waals surface area contributed by atoms with Gasteiger partial charge in [-0.1, -0.05) is 13.0 Å². The molecule has 1 aromatic heterocycles. The van der Waals surface area contributed by atoms with E-state index in [0.29, 0.717) is 12.6 Å². The van der Waals surface area contributed by atoms with Gasteiger partial charge in [-0.25, -0.2) is 4.98 Å². The van der Waals surface area contributed by atoms with Crippen molar-refractivity contribution in [3.63, 3.8) is 0 Å². The minimum atomic E-state index is 0.343. The SMILES string of the molecule is CCC(COC)Nc1ccc(C)cn1. The van der Waals surface area contributed by atoms with E-state index in [1.165, 1.54) is 5.56 Å². The summed E-state index contributed by atoms with van der Waals surface area (Å²) in [5.41, 5.74) is 1.18. The highest BCUT2D eigenvalue weighted by Crippen LogP contribution is 2.07. The lowest BCUT2D eigenvalue weighted by atomic mass is 10.2. The van der Waals surface area contributed by atoms with Crippen LogP contribution in [0.25, 0.3) is 0 Å². The zero-order valence-electron chi connectivity index (χ0n) is 9.08. The number of hydrogen-bond donors (Lipinski definition) is 1. The summed E-state index contributed by atoms with van der Waals surface area (Å²) in [5.74, 6) is 0.916. The largest absolute Gasteiger partial charge is 0.383 e. The van der Waals surface area contributed by atoms with E-state index >= 15 is 0 Å². The molecule has 0 aliphatic carbocycles. The molecule has 0 saturated carbocycles. The molecular weight excluding hydrogens is 176 g/mol. The molecule has 0 amide bonds. The Balaban J connectivity index is 2.53. The van der Waals surface area contributed by atoms with Crippen molar-refractivity contribution < 1.29 is 4.74 Å². The van der Waals surface area contributed by atoms with Crippen LogP contribution >= 0.6 is 0 Å². The summed E-state index contributed by atoms with van der Waals surface area (Å²) < 4.78 is 5.10. The molecule has 0 aliphatic heterocycles. The summed E-state index contributed by atoms with van der Waals surface area (Å²) in [6, 6.07) is 4.39. The molecule has 1 rings (SSSR count). The molecule has 3 nitrogen and oxygen atoms in total. The predicted octanol–water partition coefficient (Wildman–Crippen LogP) is 2.23. The summed E-state index contributed by atoms with van der Waals surface area (Å²) in [6.45, 7) is 4.88. The summed E-state index contributed by atoms with van der Waals surface area (Å²) in [4.78, 5) is 4.28. The summed E-state index contributed by atoms with van der Waals surface area (Å²) in [5, 5.41) is 3.32. The van der Waals surface area contributed by atoms with Gasteiger partial charge in [0.05, 0.1) is 12.6 Å². The van der Waals surface area contributed by atoms with Crippen LogP contribution < -0.4 is 5.32 Å². The number of methoxy groups -OCH3 is 1. The number of nitrogens with zero attached hydrogens (tertiary/aromatic N) is 1. The molecule has 1 atom stereocenters. The Morgan fingerprint density at radius 3 is 2.79 bits per heavy atom. The fourth-order valence-electron chi connectivity index (χ4n) is 1.23. The minimum absolute atomic E-state index is 0.343. The molecule has 0 bridgehead atoms. The number of aryl methyl sites for hydroxylation is 1. The maximum atomic E-state index is 5.10. The number of hydrogen-bond acceptors (Lipinski definition) is 3. The van der Waals surface area contributed by atoms with Crippen LogP contribution in [0.1, 0.15) is 18.9 Å². The molecule has 0 radical (unpaired) electrons. The molecular formula is C11H18N2O. The Labute approximate surface area is 85.5 Å². The topological polar surface area (TPSA) is 34.1 Å². The third kappa shape index (κ3) is 3.34. The molecule has 14 heavy (non-hydrogen) atoms. The second-order valence-corrected chi connectivity index (χ2v) is 3.43. The quantitative estimate of drug-likeness (QED) is 0.780. The van der Waals surface area contributed by atoms with Crippen LogP contribution in [0, 0.1) is 6.92 Å². The highest BCUT2D eigenvalue weighted by Gasteiger charge is 2.05. The lowest BCUT2D eigenvalue weighted by molar-refractivity contribution is 0.184. The minimum Gasteiger partial charge on any atom is -0.383 e. The highest BCUT2D eigenvalue weighted by molar-refractivity contribution is 5.36. The van der Waals surface area contributed by atoms with Crippen LogP contribution in [-0.4, -0.2) is 24.7 Å². The molecule has 0 aliphatic rings. The lowest BCUT2D eigenvalue weighted by Crippen LogP contribution is -2.24. The second-order valence-electron chi connectivity index (χ2n) is 3.43. The van der Waals surface area contributed by atoms with Gasteiger partial charge in [0, 0.05) is 13.3 Å². The normalized spacial score (nSPS) is 12.5. The van der Waals surface area contributed by atoms with Gasteiger partial charge in [-0.3, -0.25) is 0 Å². The molecule has 0 spiro atoms. The van der Waals surface area contributed by atoms with Crippen molar-refractivity contribution in [2.75, 3.05) is 19.0 Å². The fraction of sp³-hybridized carbons (Fsp3) is 0.545. The molecule has 1 aromatic rings. The molecule has 1 heterocycles. The van der Waals surface area contributed by atoms with Crippen LogP contribution in [0.4, 0.5) is 5.82 Å². The number of nitrogens with one attached hydrogen (secondary N) is 1. The van der Waals surface area contributed by atoms with Crippen LogP contribution in [0.5, 0.6) is 0 Å². The maximum Gasteiger partial charge on any atom is 0.126 e. The molecule has 0 saturated heterocycles. The Kier molecular flexibility index (Phi) is 4.40. The first kappa shape index (κ1) is 11.0. The van der Waals surface area contributed by atoms with Crippen LogP contribution in [0.3, 0.4) is 0 Å². The Morgan fingerprint density at radius 2 is 2.29 bits per heavy atom. The molecule has 1 unspecified atom stereocenters. The van der Waals surface area contributed by atoms with Gasteiger partial charge in [0.15, 0.2) is 0 Å². The first-order valence-electron chi connectivity index (χ1n) is 4.94. The first-order chi connectivity index (χ1) is 6.76. The summed E-state index contributed by atoms with van der Waals surface area (Å²) in [7, 11) is 1.72. The van der Waals surface area contributed by atoms with E-state index in [0.717, 1.165) is 12.2 Å². The summed E-state index contributed by atoms with van der Waals surface area (Å²) >= 11 is 0. The third-order valence-corrected chi connectivity index (χ3v) is 2.12. The maximum absolute atomic E-state index is 5.10. The average molecular weight is 194 g/mol. The van der Waals surface area contributed by atoms with Crippen molar-refractivity contribution in [1.29, 1.82) is 0 Å². The molecule has 1 N–H and O–H groups in total. The standard InChI is InChI=1S/C11H18N2O/c1-4-10(8-14-3)13-11-6-5-9(2)7-12-11/h5-7,10H,4,8H2,1-3H3,(H,12,13). The van der Waals surface area contributed by atoms with E-state index in [1.807, 2.05) is 19.2 Å². The van der Waals surface area contributed by atoms with Gasteiger partial charge in [-0.05, 0) is 25.0 Å². The van der Waals surface area contributed by atoms with Crippen molar-refractivity contribution in [2.45, 2.75) is 26.3 Å². The monoisotopic (exact) mass is 194 g/mol. The molecule has 3 heteroatoms. The first-order valence-corrected chi connectivity index (χ1v) is 4.94. The van der Waals surface area contributed by atoms with Crippen molar-refractivity contribution in [2.24, 2.45) is 0 Å². The number of pyridine rings is 1. The lowest BCUT2D eigenvalue weighted by Gasteiger charge is -2.16. The van der Waals surface area contributed by atoms with E-state index in [4.69, 9.17) is 4.74 Å². The summed E-state index contributed by atoms with van der Waals surface area (Å²) in [6.07, 6.45) is 2.89. The molecule has 0 aromatic carbocycles. The zero-order valence-corrected chi connectivity index (χ0v) is 9.08. The number of ether oxygens (including phenoxy) is 1. The van der Waals surface area contributed by atoms with Gasteiger partial charge in [0.25, 0.3) is 0 Å². The van der Waals surface area contributed by atoms with Gasteiger partial charge in [0.1, 0.15) is 5.82 Å². The van der Waals surface area contributed by atoms with Crippen LogP contribution in [0.2, 0.25) is 0 Å². The van der Waals surface area contributed by atoms with E-state index in [-0.39, 0.29) is 0 Å². The number of aromatic nitrogens is 1. The molecule has 0 fully saturated rings. The van der Waals surface area contributed by atoms with E-state index in [2.05, 4.69) is 23.3 Å². The average Bonchev–Trinajstić information content (AvgIpc) is 2.20.